The largest absolute Gasteiger partial charge is 0.457 e. The molecule has 2 aromatic rings. The molecule has 0 spiro atoms. The Morgan fingerprint density at radius 1 is 1.26 bits per heavy atom. The molecule has 142 valence electrons. The fraction of sp³-hybridized carbons (Fsp3) is 0.278. The van der Waals surface area contributed by atoms with Gasteiger partial charge in [0.15, 0.2) is 0 Å². The van der Waals surface area contributed by atoms with Gasteiger partial charge in [-0.3, -0.25) is 10.1 Å². The van der Waals surface area contributed by atoms with Gasteiger partial charge in [-0.1, -0.05) is 17.7 Å². The molecule has 1 fully saturated rings. The second-order valence-electron chi connectivity index (χ2n) is 5.87. The molecular weight excluding hydrogens is 379 g/mol. The molecular formula is C18H16ClFN2O5. The van der Waals surface area contributed by atoms with Crippen LogP contribution in [-0.2, 0) is 16.1 Å². The molecule has 0 bridgehead atoms. The van der Waals surface area contributed by atoms with Crippen LogP contribution in [0.5, 0.6) is 0 Å². The van der Waals surface area contributed by atoms with Crippen molar-refractivity contribution in [1.82, 2.24) is 0 Å². The summed E-state index contributed by atoms with van der Waals surface area (Å²) < 4.78 is 23.7. The first-order valence-corrected chi connectivity index (χ1v) is 8.55. The Hall–Kier alpha value is -2.71. The number of benzene rings is 2. The molecule has 0 aromatic heterocycles. The maximum Gasteiger partial charge on any atom is 0.340 e. The molecule has 1 aliphatic rings. The van der Waals surface area contributed by atoms with E-state index in [4.69, 9.17) is 21.1 Å². The lowest BCUT2D eigenvalue weighted by Gasteiger charge is -2.30. The van der Waals surface area contributed by atoms with Gasteiger partial charge < -0.3 is 14.4 Å². The number of halogens is 2. The van der Waals surface area contributed by atoms with E-state index in [9.17, 15) is 19.3 Å². The molecule has 27 heavy (non-hydrogen) atoms. The average Bonchev–Trinajstić information content (AvgIpc) is 2.67. The van der Waals surface area contributed by atoms with Gasteiger partial charge in [0.1, 0.15) is 12.4 Å². The lowest BCUT2D eigenvalue weighted by atomic mass is 10.1. The van der Waals surface area contributed by atoms with Crippen molar-refractivity contribution in [3.05, 3.63) is 68.5 Å². The molecule has 0 aliphatic carbocycles. The van der Waals surface area contributed by atoms with Gasteiger partial charge in [0.05, 0.1) is 34.4 Å². The first-order valence-electron chi connectivity index (χ1n) is 8.18. The minimum atomic E-state index is -0.722. The summed E-state index contributed by atoms with van der Waals surface area (Å²) in [5.41, 5.74) is 0.854. The van der Waals surface area contributed by atoms with Crippen molar-refractivity contribution in [3.8, 4) is 0 Å². The van der Waals surface area contributed by atoms with Crippen LogP contribution in [0.3, 0.4) is 0 Å². The number of rotatable bonds is 5. The average molecular weight is 395 g/mol. The monoisotopic (exact) mass is 394 g/mol. The highest BCUT2D eigenvalue weighted by Crippen LogP contribution is 2.28. The van der Waals surface area contributed by atoms with Gasteiger partial charge in [-0.2, -0.15) is 0 Å². The highest BCUT2D eigenvalue weighted by atomic mass is 35.5. The number of hydrogen-bond acceptors (Lipinski definition) is 6. The summed E-state index contributed by atoms with van der Waals surface area (Å²) in [6.07, 6.45) is 0. The molecule has 1 aliphatic heterocycles. The van der Waals surface area contributed by atoms with Gasteiger partial charge in [-0.05, 0) is 18.2 Å². The van der Waals surface area contributed by atoms with E-state index >= 15 is 0 Å². The van der Waals surface area contributed by atoms with Gasteiger partial charge in [0.25, 0.3) is 5.69 Å². The predicted molar refractivity (Wildman–Crippen MR) is 96.7 cm³/mol. The highest BCUT2D eigenvalue weighted by molar-refractivity contribution is 6.31. The second kappa shape index (κ2) is 8.32. The third-order valence-electron chi connectivity index (χ3n) is 4.14. The van der Waals surface area contributed by atoms with Gasteiger partial charge in [-0.15, -0.1) is 0 Å². The number of ether oxygens (including phenoxy) is 2. The van der Waals surface area contributed by atoms with Crippen molar-refractivity contribution in [2.45, 2.75) is 6.61 Å². The Labute approximate surface area is 159 Å². The zero-order valence-corrected chi connectivity index (χ0v) is 14.9. The van der Waals surface area contributed by atoms with Crippen molar-refractivity contribution < 1.29 is 23.6 Å². The molecule has 1 saturated heterocycles. The lowest BCUT2D eigenvalue weighted by molar-refractivity contribution is -0.384. The number of carbonyl (C=O) groups is 1. The van der Waals surface area contributed by atoms with Crippen LogP contribution in [0.4, 0.5) is 15.8 Å². The first-order chi connectivity index (χ1) is 13.0. The van der Waals surface area contributed by atoms with Crippen LogP contribution in [0.25, 0.3) is 0 Å². The number of nitro benzene ring substituents is 1. The molecule has 0 N–H and O–H groups in total. The van der Waals surface area contributed by atoms with Crippen molar-refractivity contribution in [3.63, 3.8) is 0 Å². The number of non-ortho nitro benzene ring substituents is 1. The van der Waals surface area contributed by atoms with Crippen LogP contribution >= 0.6 is 11.6 Å². The summed E-state index contributed by atoms with van der Waals surface area (Å²) in [6.45, 7) is 1.93. The molecule has 2 aromatic carbocycles. The summed E-state index contributed by atoms with van der Waals surface area (Å²) >= 11 is 5.94. The molecule has 0 atom stereocenters. The fourth-order valence-electron chi connectivity index (χ4n) is 2.74. The minimum absolute atomic E-state index is 0.0873. The van der Waals surface area contributed by atoms with Crippen LogP contribution in [0, 0.1) is 15.9 Å². The van der Waals surface area contributed by atoms with Crippen molar-refractivity contribution in [2.75, 3.05) is 31.2 Å². The van der Waals surface area contributed by atoms with Crippen molar-refractivity contribution >= 4 is 28.9 Å². The van der Waals surface area contributed by atoms with E-state index in [1.807, 2.05) is 4.90 Å². The number of hydrogen-bond donors (Lipinski definition) is 0. The Kier molecular flexibility index (Phi) is 5.88. The maximum absolute atomic E-state index is 13.1. The SMILES string of the molecule is O=C(OCc1ccc(F)cc1Cl)c1cc([N+](=O)[O-])ccc1N1CCOCC1. The Morgan fingerprint density at radius 2 is 2.00 bits per heavy atom. The third kappa shape index (κ3) is 4.53. The first kappa shape index (κ1) is 19.1. The smallest absolute Gasteiger partial charge is 0.340 e. The zero-order chi connectivity index (χ0) is 19.4. The van der Waals surface area contributed by atoms with Gasteiger partial charge in [-0.25, -0.2) is 9.18 Å². The van der Waals surface area contributed by atoms with Gasteiger partial charge in [0.2, 0.25) is 0 Å². The van der Waals surface area contributed by atoms with E-state index in [1.54, 1.807) is 0 Å². The standard InChI is InChI=1S/C18H16ClFN2O5/c19-16-9-13(20)2-1-12(16)11-27-18(23)15-10-14(22(24)25)3-4-17(15)21-5-7-26-8-6-21/h1-4,9-10H,5-8,11H2. The maximum atomic E-state index is 13.1. The zero-order valence-electron chi connectivity index (χ0n) is 14.2. The Morgan fingerprint density at radius 3 is 2.67 bits per heavy atom. The van der Waals surface area contributed by atoms with E-state index in [1.165, 1.54) is 30.3 Å². The number of morpholine rings is 1. The van der Waals surface area contributed by atoms with E-state index in [0.717, 1.165) is 6.07 Å². The number of esters is 1. The predicted octanol–water partition coefficient (Wildman–Crippen LogP) is 3.58. The summed E-state index contributed by atoms with van der Waals surface area (Å²) in [5.74, 6) is -1.22. The third-order valence-corrected chi connectivity index (χ3v) is 4.49. The van der Waals surface area contributed by atoms with E-state index in [0.29, 0.717) is 37.6 Å². The van der Waals surface area contributed by atoms with E-state index < -0.39 is 16.7 Å². The molecule has 0 amide bonds. The summed E-state index contributed by atoms with van der Waals surface area (Å²) in [6, 6.07) is 7.82. The van der Waals surface area contributed by atoms with Crippen LogP contribution in [0.2, 0.25) is 5.02 Å². The number of nitrogens with zero attached hydrogens (tertiary/aromatic N) is 2. The Balaban J connectivity index is 1.84. The second-order valence-corrected chi connectivity index (χ2v) is 6.28. The molecule has 0 unspecified atom stereocenters. The molecule has 9 heteroatoms. The van der Waals surface area contributed by atoms with Gasteiger partial charge >= 0.3 is 5.97 Å². The summed E-state index contributed by atoms with van der Waals surface area (Å²) in [4.78, 5) is 25.0. The number of anilines is 1. The van der Waals surface area contributed by atoms with Crippen LogP contribution in [0.1, 0.15) is 15.9 Å². The van der Waals surface area contributed by atoms with Gasteiger partial charge in [0, 0.05) is 30.8 Å². The number of nitro groups is 1. The lowest BCUT2D eigenvalue weighted by Crippen LogP contribution is -2.37. The van der Waals surface area contributed by atoms with Crippen molar-refractivity contribution in [1.29, 1.82) is 0 Å². The van der Waals surface area contributed by atoms with E-state index in [2.05, 4.69) is 0 Å². The fourth-order valence-corrected chi connectivity index (χ4v) is 2.96. The minimum Gasteiger partial charge on any atom is -0.457 e. The normalized spacial score (nSPS) is 14.1. The summed E-state index contributed by atoms with van der Waals surface area (Å²) in [5, 5.41) is 11.2. The van der Waals surface area contributed by atoms with Crippen LogP contribution in [0.15, 0.2) is 36.4 Å². The van der Waals surface area contributed by atoms with E-state index in [-0.39, 0.29) is 22.9 Å². The highest BCUT2D eigenvalue weighted by Gasteiger charge is 2.23. The topological polar surface area (TPSA) is 81.9 Å². The molecule has 1 heterocycles. The molecule has 0 radical (unpaired) electrons. The Bertz CT molecular complexity index is 871. The molecule has 0 saturated carbocycles. The van der Waals surface area contributed by atoms with Crippen LogP contribution < -0.4 is 4.90 Å². The van der Waals surface area contributed by atoms with Crippen LogP contribution in [-0.4, -0.2) is 37.2 Å². The van der Waals surface area contributed by atoms with Crippen molar-refractivity contribution in [2.24, 2.45) is 0 Å². The molecule has 7 nitrogen and oxygen atoms in total. The molecule has 3 rings (SSSR count). The summed E-state index contributed by atoms with van der Waals surface area (Å²) in [7, 11) is 0. The quantitative estimate of drug-likeness (QED) is 0.438. The number of carbonyl (C=O) groups excluding carboxylic acids is 1.